The minimum atomic E-state index is 0.641. The molecule has 1 fully saturated rings. The molecule has 1 aromatic carbocycles. The second kappa shape index (κ2) is 9.92. The Morgan fingerprint density at radius 2 is 2.00 bits per heavy atom. The molecular formula is C19H25ClN3O2S+. The molecule has 1 aromatic heterocycles. The molecule has 0 unspecified atom stereocenters. The SMILES string of the molecule is S=C(Nc1ccccc1Cl)N(CCC[NH+]1CCOCC1)Cc1ccco1. The van der Waals surface area contributed by atoms with Crippen molar-refractivity contribution in [3.8, 4) is 0 Å². The summed E-state index contributed by atoms with van der Waals surface area (Å²) in [7, 11) is 0. The van der Waals surface area contributed by atoms with E-state index in [1.54, 1.807) is 11.2 Å². The molecule has 140 valence electrons. The predicted octanol–water partition coefficient (Wildman–Crippen LogP) is 2.44. The van der Waals surface area contributed by atoms with Crippen LogP contribution in [0.2, 0.25) is 5.02 Å². The third-order valence-electron chi connectivity index (χ3n) is 4.49. The van der Waals surface area contributed by atoms with Crippen LogP contribution in [0.1, 0.15) is 12.2 Å². The third kappa shape index (κ3) is 5.71. The van der Waals surface area contributed by atoms with E-state index in [0.29, 0.717) is 16.7 Å². The standard InChI is InChI=1S/C19H24ClN3O2S/c20-17-6-1-2-7-18(17)21-19(26)23(15-16-5-3-12-25-16)9-4-8-22-10-13-24-14-11-22/h1-3,5-7,12H,4,8-11,13-15H2,(H,21,26)/p+1. The number of benzene rings is 1. The van der Waals surface area contributed by atoms with Crippen LogP contribution in [-0.4, -0.2) is 49.4 Å². The van der Waals surface area contributed by atoms with Gasteiger partial charge in [-0.15, -0.1) is 0 Å². The number of quaternary nitrogens is 1. The summed E-state index contributed by atoms with van der Waals surface area (Å²) in [6, 6.07) is 11.5. The first kappa shape index (κ1) is 19.2. The lowest BCUT2D eigenvalue weighted by Gasteiger charge is -2.27. The fourth-order valence-electron chi connectivity index (χ4n) is 3.03. The van der Waals surface area contributed by atoms with E-state index in [9.17, 15) is 0 Å². The van der Waals surface area contributed by atoms with Gasteiger partial charge in [-0.05, 0) is 36.5 Å². The Balaban J connectivity index is 1.58. The van der Waals surface area contributed by atoms with Crippen LogP contribution in [0.5, 0.6) is 0 Å². The van der Waals surface area contributed by atoms with Crippen LogP contribution in [0.25, 0.3) is 0 Å². The fraction of sp³-hybridized carbons (Fsp3) is 0.421. The van der Waals surface area contributed by atoms with Crippen molar-refractivity contribution in [2.24, 2.45) is 0 Å². The van der Waals surface area contributed by atoms with Crippen LogP contribution in [0.4, 0.5) is 5.69 Å². The van der Waals surface area contributed by atoms with Gasteiger partial charge in [0.2, 0.25) is 0 Å². The minimum Gasteiger partial charge on any atom is -0.467 e. The molecule has 7 heteroatoms. The summed E-state index contributed by atoms with van der Waals surface area (Å²) >= 11 is 11.9. The molecule has 3 rings (SSSR count). The first-order valence-corrected chi connectivity index (χ1v) is 9.75. The maximum atomic E-state index is 6.25. The van der Waals surface area contributed by atoms with E-state index < -0.39 is 0 Å². The summed E-state index contributed by atoms with van der Waals surface area (Å²) in [5.74, 6) is 0.895. The molecule has 0 radical (unpaired) electrons. The molecule has 2 heterocycles. The Hall–Kier alpha value is -1.60. The van der Waals surface area contributed by atoms with E-state index in [4.69, 9.17) is 33.0 Å². The Kier molecular flexibility index (Phi) is 7.32. The number of ether oxygens (including phenoxy) is 1. The lowest BCUT2D eigenvalue weighted by molar-refractivity contribution is -0.908. The summed E-state index contributed by atoms with van der Waals surface area (Å²) < 4.78 is 10.9. The molecule has 2 aromatic rings. The van der Waals surface area contributed by atoms with Gasteiger partial charge in [-0.1, -0.05) is 23.7 Å². The van der Waals surface area contributed by atoms with Gasteiger partial charge in [-0.3, -0.25) is 0 Å². The molecule has 0 saturated carbocycles. The molecule has 1 aliphatic rings. The number of furan rings is 1. The zero-order chi connectivity index (χ0) is 18.2. The molecule has 0 amide bonds. The number of anilines is 1. The average molecular weight is 395 g/mol. The van der Waals surface area contributed by atoms with Crippen molar-refractivity contribution in [3.05, 3.63) is 53.4 Å². The van der Waals surface area contributed by atoms with Gasteiger partial charge in [0.25, 0.3) is 0 Å². The number of nitrogens with one attached hydrogen (secondary N) is 2. The Morgan fingerprint density at radius 3 is 2.73 bits per heavy atom. The van der Waals surface area contributed by atoms with Gasteiger partial charge in [0.1, 0.15) is 18.8 Å². The van der Waals surface area contributed by atoms with Crippen LogP contribution in [-0.2, 0) is 11.3 Å². The number of nitrogens with zero attached hydrogens (tertiary/aromatic N) is 1. The maximum absolute atomic E-state index is 6.25. The molecule has 0 bridgehead atoms. The van der Waals surface area contributed by atoms with E-state index in [1.165, 1.54) is 0 Å². The average Bonchev–Trinajstić information content (AvgIpc) is 3.17. The monoisotopic (exact) mass is 394 g/mol. The van der Waals surface area contributed by atoms with Gasteiger partial charge in [0.05, 0.1) is 43.3 Å². The summed E-state index contributed by atoms with van der Waals surface area (Å²) in [4.78, 5) is 3.73. The maximum Gasteiger partial charge on any atom is 0.173 e. The summed E-state index contributed by atoms with van der Waals surface area (Å²) in [6.45, 7) is 6.51. The normalized spacial score (nSPS) is 15.0. The summed E-state index contributed by atoms with van der Waals surface area (Å²) in [5.41, 5.74) is 0.822. The highest BCUT2D eigenvalue weighted by Gasteiger charge is 2.17. The van der Waals surface area contributed by atoms with Crippen molar-refractivity contribution in [2.45, 2.75) is 13.0 Å². The quantitative estimate of drug-likeness (QED) is 0.706. The Labute approximate surface area is 164 Å². The van der Waals surface area contributed by atoms with Crippen LogP contribution < -0.4 is 10.2 Å². The Morgan fingerprint density at radius 1 is 1.19 bits per heavy atom. The van der Waals surface area contributed by atoms with Crippen LogP contribution in [0, 0.1) is 0 Å². The number of halogens is 1. The van der Waals surface area contributed by atoms with Crippen molar-refractivity contribution in [3.63, 3.8) is 0 Å². The first-order valence-electron chi connectivity index (χ1n) is 8.96. The second-order valence-electron chi connectivity index (χ2n) is 6.38. The van der Waals surface area contributed by atoms with Gasteiger partial charge in [0, 0.05) is 13.0 Å². The number of hydrogen-bond donors (Lipinski definition) is 2. The van der Waals surface area contributed by atoms with E-state index in [-0.39, 0.29) is 0 Å². The topological polar surface area (TPSA) is 42.1 Å². The van der Waals surface area contributed by atoms with E-state index >= 15 is 0 Å². The number of morpholine rings is 1. The molecule has 1 aliphatic heterocycles. The van der Waals surface area contributed by atoms with Gasteiger partial charge >= 0.3 is 0 Å². The van der Waals surface area contributed by atoms with Gasteiger partial charge in [0.15, 0.2) is 5.11 Å². The molecule has 0 spiro atoms. The number of rotatable bonds is 7. The van der Waals surface area contributed by atoms with Crippen molar-refractivity contribution in [2.75, 3.05) is 44.7 Å². The zero-order valence-electron chi connectivity index (χ0n) is 14.7. The van der Waals surface area contributed by atoms with E-state index in [2.05, 4.69) is 10.2 Å². The molecular weight excluding hydrogens is 370 g/mol. The van der Waals surface area contributed by atoms with Crippen molar-refractivity contribution in [1.82, 2.24) is 4.90 Å². The smallest absolute Gasteiger partial charge is 0.173 e. The molecule has 0 atom stereocenters. The zero-order valence-corrected chi connectivity index (χ0v) is 16.3. The lowest BCUT2D eigenvalue weighted by Crippen LogP contribution is -3.14. The summed E-state index contributed by atoms with van der Waals surface area (Å²) in [5, 5.41) is 4.58. The Bertz CT molecular complexity index is 690. The van der Waals surface area contributed by atoms with Gasteiger partial charge in [-0.2, -0.15) is 0 Å². The molecule has 2 N–H and O–H groups in total. The third-order valence-corrected chi connectivity index (χ3v) is 5.18. The van der Waals surface area contributed by atoms with Crippen molar-refractivity contribution in [1.29, 1.82) is 0 Å². The first-order chi connectivity index (χ1) is 12.7. The van der Waals surface area contributed by atoms with Crippen LogP contribution >= 0.6 is 23.8 Å². The molecule has 26 heavy (non-hydrogen) atoms. The highest BCUT2D eigenvalue weighted by atomic mass is 35.5. The largest absolute Gasteiger partial charge is 0.467 e. The number of thiocarbonyl (C=S) groups is 1. The lowest BCUT2D eigenvalue weighted by atomic mass is 10.3. The highest BCUT2D eigenvalue weighted by molar-refractivity contribution is 7.80. The number of hydrogen-bond acceptors (Lipinski definition) is 3. The number of para-hydroxylation sites is 1. The predicted molar refractivity (Wildman–Crippen MR) is 108 cm³/mol. The second-order valence-corrected chi connectivity index (χ2v) is 7.17. The van der Waals surface area contributed by atoms with Crippen LogP contribution in [0.15, 0.2) is 47.1 Å². The summed E-state index contributed by atoms with van der Waals surface area (Å²) in [6.07, 6.45) is 2.75. The van der Waals surface area contributed by atoms with Crippen molar-refractivity contribution >= 4 is 34.6 Å². The molecule has 1 saturated heterocycles. The van der Waals surface area contributed by atoms with Gasteiger partial charge < -0.3 is 24.3 Å². The molecule has 0 aliphatic carbocycles. The van der Waals surface area contributed by atoms with E-state index in [0.717, 1.165) is 57.3 Å². The fourth-order valence-corrected chi connectivity index (χ4v) is 3.48. The van der Waals surface area contributed by atoms with Crippen molar-refractivity contribution < 1.29 is 14.1 Å². The minimum absolute atomic E-state index is 0.641. The van der Waals surface area contributed by atoms with Crippen LogP contribution in [0.3, 0.4) is 0 Å². The highest BCUT2D eigenvalue weighted by Crippen LogP contribution is 2.21. The molecule has 5 nitrogen and oxygen atoms in total. The van der Waals surface area contributed by atoms with Gasteiger partial charge in [-0.25, -0.2) is 0 Å². The van der Waals surface area contributed by atoms with E-state index in [1.807, 2.05) is 36.4 Å².